The minimum absolute atomic E-state index is 0.0197. The zero-order valence-electron chi connectivity index (χ0n) is 24.1. The summed E-state index contributed by atoms with van der Waals surface area (Å²) in [6.45, 7) is 8.33. The van der Waals surface area contributed by atoms with Crippen LogP contribution in [0, 0.1) is 11.7 Å². The van der Waals surface area contributed by atoms with E-state index >= 15 is 4.39 Å². The number of carboxylic acid groups (broad SMARTS) is 1. The average Bonchev–Trinajstić information content (AvgIpc) is 3.36. The van der Waals surface area contributed by atoms with Crippen LogP contribution in [0.2, 0.25) is 0 Å². The van der Waals surface area contributed by atoms with Gasteiger partial charge in [-0.2, -0.15) is 8.42 Å². The van der Waals surface area contributed by atoms with Gasteiger partial charge in [0.25, 0.3) is 5.91 Å². The molecule has 0 aromatic heterocycles. The standard InChI is InChI=1S/C28H35FN4O8S/c1-17(2)13-31(27(37)41-28(3,4)5)14-19-11-20-21(33(19)26(35)36)12-22(40-16-18-9-7-6-8-10-18)25(24(20)29)32-15-23(34)30-42(32,38)39/h6-10,12,17,19H,11,13-16H2,1-5H3,(H,30,34)(H,35,36)/t19-/m1/s1. The molecule has 0 aliphatic carbocycles. The number of rotatable bonds is 8. The van der Waals surface area contributed by atoms with Crippen LogP contribution < -0.4 is 18.7 Å². The minimum Gasteiger partial charge on any atom is -0.487 e. The Morgan fingerprint density at radius 1 is 1.21 bits per heavy atom. The van der Waals surface area contributed by atoms with E-state index in [0.717, 1.165) is 4.90 Å². The van der Waals surface area contributed by atoms with Crippen molar-refractivity contribution in [3.05, 3.63) is 53.3 Å². The molecule has 42 heavy (non-hydrogen) atoms. The monoisotopic (exact) mass is 606 g/mol. The Morgan fingerprint density at radius 2 is 1.88 bits per heavy atom. The van der Waals surface area contributed by atoms with Gasteiger partial charge in [0.1, 0.15) is 30.2 Å². The van der Waals surface area contributed by atoms with Crippen molar-refractivity contribution in [3.63, 3.8) is 0 Å². The topological polar surface area (TPSA) is 146 Å². The quantitative estimate of drug-likeness (QED) is 0.460. The molecule has 1 atom stereocenters. The Balaban J connectivity index is 1.77. The first kappa shape index (κ1) is 30.9. The molecule has 0 unspecified atom stereocenters. The lowest BCUT2D eigenvalue weighted by Gasteiger charge is -2.32. The van der Waals surface area contributed by atoms with Crippen molar-refractivity contribution in [1.82, 2.24) is 9.62 Å². The van der Waals surface area contributed by atoms with Gasteiger partial charge in [-0.05, 0) is 32.3 Å². The van der Waals surface area contributed by atoms with Crippen LogP contribution >= 0.6 is 0 Å². The predicted molar refractivity (Wildman–Crippen MR) is 152 cm³/mol. The van der Waals surface area contributed by atoms with E-state index < -0.39 is 58.0 Å². The molecule has 2 N–H and O–H groups in total. The zero-order chi connectivity index (χ0) is 31.0. The number of carbonyl (C=O) groups is 3. The van der Waals surface area contributed by atoms with E-state index in [4.69, 9.17) is 9.47 Å². The van der Waals surface area contributed by atoms with Crippen LogP contribution in [0.4, 0.5) is 25.4 Å². The smallest absolute Gasteiger partial charge is 0.412 e. The van der Waals surface area contributed by atoms with Crippen molar-refractivity contribution < 1.29 is 41.8 Å². The average molecular weight is 607 g/mol. The van der Waals surface area contributed by atoms with Crippen LogP contribution in [0.1, 0.15) is 45.7 Å². The second-order valence-corrected chi connectivity index (χ2v) is 13.2. The molecule has 0 radical (unpaired) electrons. The highest BCUT2D eigenvalue weighted by molar-refractivity contribution is 7.92. The molecular weight excluding hydrogens is 571 g/mol. The SMILES string of the molecule is CC(C)CN(C[C@H]1Cc2c(cc(OCc3ccccc3)c(N3CC(=O)NS3(=O)=O)c2F)N1C(=O)O)C(=O)OC(C)(C)C. The molecule has 2 aromatic carbocycles. The number of amides is 3. The molecule has 12 nitrogen and oxygen atoms in total. The molecule has 228 valence electrons. The summed E-state index contributed by atoms with van der Waals surface area (Å²) < 4.78 is 55.6. The van der Waals surface area contributed by atoms with Crippen LogP contribution in [0.3, 0.4) is 0 Å². The Morgan fingerprint density at radius 3 is 2.43 bits per heavy atom. The third kappa shape index (κ3) is 6.69. The van der Waals surface area contributed by atoms with E-state index in [-0.39, 0.29) is 49.0 Å². The molecule has 0 saturated carbocycles. The van der Waals surface area contributed by atoms with Gasteiger partial charge in [0.15, 0.2) is 5.82 Å². The number of nitrogens with zero attached hydrogens (tertiary/aromatic N) is 3. The molecule has 0 bridgehead atoms. The first-order valence-corrected chi connectivity index (χ1v) is 14.9. The number of carbonyl (C=O) groups excluding carboxylic acids is 2. The van der Waals surface area contributed by atoms with Crippen LogP contribution in [0.5, 0.6) is 5.75 Å². The lowest BCUT2D eigenvalue weighted by atomic mass is 10.1. The summed E-state index contributed by atoms with van der Waals surface area (Å²) in [5, 5.41) is 10.2. The molecule has 2 aliphatic rings. The summed E-state index contributed by atoms with van der Waals surface area (Å²) >= 11 is 0. The molecule has 2 aliphatic heterocycles. The molecule has 4 rings (SSSR count). The molecule has 3 amide bonds. The van der Waals surface area contributed by atoms with Crippen molar-refractivity contribution >= 4 is 39.7 Å². The molecule has 14 heteroatoms. The molecule has 0 spiro atoms. The highest BCUT2D eigenvalue weighted by atomic mass is 32.2. The fourth-order valence-electron chi connectivity index (χ4n) is 4.95. The van der Waals surface area contributed by atoms with Gasteiger partial charge in [-0.3, -0.25) is 9.69 Å². The second-order valence-electron chi connectivity index (χ2n) is 11.6. The Bertz CT molecular complexity index is 1480. The number of fused-ring (bicyclic) bond motifs is 1. The summed E-state index contributed by atoms with van der Waals surface area (Å²) in [4.78, 5) is 39.9. The Kier molecular flexibility index (Phi) is 8.58. The van der Waals surface area contributed by atoms with Crippen molar-refractivity contribution in [2.75, 3.05) is 28.8 Å². The van der Waals surface area contributed by atoms with Gasteiger partial charge >= 0.3 is 22.4 Å². The highest BCUT2D eigenvalue weighted by Crippen LogP contribution is 2.45. The normalized spacial score (nSPS) is 17.7. The molecular formula is C28H35FN4O8S. The van der Waals surface area contributed by atoms with Gasteiger partial charge in [0.2, 0.25) is 0 Å². The first-order valence-electron chi connectivity index (χ1n) is 13.4. The number of nitrogens with one attached hydrogen (secondary N) is 1. The van der Waals surface area contributed by atoms with Gasteiger partial charge in [0.05, 0.1) is 11.7 Å². The third-order valence-electron chi connectivity index (χ3n) is 6.53. The van der Waals surface area contributed by atoms with E-state index in [1.807, 2.05) is 18.6 Å². The van der Waals surface area contributed by atoms with Crippen LogP contribution in [0.15, 0.2) is 36.4 Å². The van der Waals surface area contributed by atoms with E-state index in [2.05, 4.69) is 0 Å². The highest BCUT2D eigenvalue weighted by Gasteiger charge is 2.44. The van der Waals surface area contributed by atoms with Crippen LogP contribution in [0.25, 0.3) is 0 Å². The number of hydrogen-bond donors (Lipinski definition) is 2. The molecule has 2 aromatic rings. The third-order valence-corrected chi connectivity index (χ3v) is 7.91. The van der Waals surface area contributed by atoms with Crippen molar-refractivity contribution in [3.8, 4) is 5.75 Å². The molecule has 2 heterocycles. The fourth-order valence-corrected chi connectivity index (χ4v) is 6.11. The molecule has 1 fully saturated rings. The summed E-state index contributed by atoms with van der Waals surface area (Å²) in [6.07, 6.45) is -2.19. The number of anilines is 2. The maximum absolute atomic E-state index is 16.4. The van der Waals surface area contributed by atoms with Gasteiger partial charge in [-0.1, -0.05) is 44.2 Å². The lowest BCUT2D eigenvalue weighted by Crippen LogP contribution is -2.48. The first-order chi connectivity index (χ1) is 19.6. The minimum atomic E-state index is -4.42. The van der Waals surface area contributed by atoms with E-state index in [1.54, 1.807) is 51.1 Å². The van der Waals surface area contributed by atoms with Crippen LogP contribution in [-0.2, 0) is 32.8 Å². The van der Waals surface area contributed by atoms with Gasteiger partial charge in [-0.15, -0.1) is 0 Å². The fraction of sp³-hybridized carbons (Fsp3) is 0.464. The largest absolute Gasteiger partial charge is 0.487 e. The Hall–Kier alpha value is -4.07. The maximum atomic E-state index is 16.4. The summed E-state index contributed by atoms with van der Waals surface area (Å²) in [7, 11) is -4.42. The Labute approximate surface area is 244 Å². The summed E-state index contributed by atoms with van der Waals surface area (Å²) in [6, 6.07) is 9.18. The number of ether oxygens (including phenoxy) is 2. The van der Waals surface area contributed by atoms with Crippen LogP contribution in [-0.4, -0.2) is 67.8 Å². The van der Waals surface area contributed by atoms with E-state index in [9.17, 15) is 27.9 Å². The van der Waals surface area contributed by atoms with Gasteiger partial charge < -0.3 is 19.5 Å². The van der Waals surface area contributed by atoms with Crippen molar-refractivity contribution in [2.45, 2.75) is 59.3 Å². The van der Waals surface area contributed by atoms with Gasteiger partial charge in [-0.25, -0.2) is 23.0 Å². The maximum Gasteiger partial charge on any atom is 0.412 e. The predicted octanol–water partition coefficient (Wildman–Crippen LogP) is 3.89. The molecule has 1 saturated heterocycles. The van der Waals surface area contributed by atoms with Crippen molar-refractivity contribution in [1.29, 1.82) is 0 Å². The lowest BCUT2D eigenvalue weighted by molar-refractivity contribution is -0.117. The summed E-state index contributed by atoms with van der Waals surface area (Å²) in [5.41, 5.74) is -0.720. The van der Waals surface area contributed by atoms with Gasteiger partial charge in [0, 0.05) is 31.1 Å². The number of halogens is 1. The summed E-state index contributed by atoms with van der Waals surface area (Å²) in [5.74, 6) is -2.12. The van der Waals surface area contributed by atoms with E-state index in [1.165, 1.54) is 11.0 Å². The number of benzene rings is 2. The second kappa shape index (κ2) is 11.7. The zero-order valence-corrected chi connectivity index (χ0v) is 24.9. The van der Waals surface area contributed by atoms with Crippen molar-refractivity contribution in [2.24, 2.45) is 5.92 Å². The number of hydrogen-bond acceptors (Lipinski definition) is 7. The van der Waals surface area contributed by atoms with E-state index in [0.29, 0.717) is 9.87 Å².